The van der Waals surface area contributed by atoms with Gasteiger partial charge in [-0.1, -0.05) is 91.0 Å². The summed E-state index contributed by atoms with van der Waals surface area (Å²) in [5.41, 5.74) is 2.67. The Morgan fingerprint density at radius 3 is 1.90 bits per heavy atom. The molecule has 1 aliphatic rings. The Morgan fingerprint density at radius 2 is 1.37 bits per heavy atom. The van der Waals surface area contributed by atoms with Crippen LogP contribution in [0.2, 0.25) is 0 Å². The molecule has 30 heavy (non-hydrogen) atoms. The second-order valence-electron chi connectivity index (χ2n) is 7.41. The summed E-state index contributed by atoms with van der Waals surface area (Å²) in [5.74, 6) is 0. The van der Waals surface area contributed by atoms with Crippen molar-refractivity contribution in [2.75, 3.05) is 14.2 Å². The molecule has 4 atom stereocenters. The van der Waals surface area contributed by atoms with Crippen molar-refractivity contribution in [3.05, 3.63) is 108 Å². The number of aliphatic hydroxyl groups is 1. The molecule has 0 saturated carbocycles. The van der Waals surface area contributed by atoms with Crippen LogP contribution >= 0.6 is 7.60 Å². The molecule has 1 N–H and O–H groups in total. The van der Waals surface area contributed by atoms with Crippen molar-refractivity contribution in [2.24, 2.45) is 0 Å². The normalized spacial score (nSPS) is 23.0. The van der Waals surface area contributed by atoms with Gasteiger partial charge in [0.1, 0.15) is 0 Å². The smallest absolute Gasteiger partial charge is 0.367 e. The standard InChI is InChI=1S/C24H26NO4P/c1-28-30(27,29-2)24(26,21-16-10-5-11-17-21)23-22(20-14-8-4-9-15-20)25(23)18-19-12-6-3-7-13-19/h3-17,22-23,26H,18H2,1-2H3/t22-,23-,24+,25?/m1/s1. The molecule has 1 saturated heterocycles. The lowest BCUT2D eigenvalue weighted by Crippen LogP contribution is -2.36. The van der Waals surface area contributed by atoms with Gasteiger partial charge in [0.15, 0.2) is 0 Å². The average Bonchev–Trinajstić information content (AvgIpc) is 3.53. The third-order valence-electron chi connectivity index (χ3n) is 5.78. The van der Waals surface area contributed by atoms with E-state index in [0.29, 0.717) is 12.1 Å². The van der Waals surface area contributed by atoms with Gasteiger partial charge in [0.2, 0.25) is 5.34 Å². The molecule has 0 aromatic heterocycles. The van der Waals surface area contributed by atoms with E-state index in [1.54, 1.807) is 12.1 Å². The molecule has 1 aliphatic heterocycles. The zero-order chi connectivity index (χ0) is 21.2. The van der Waals surface area contributed by atoms with Gasteiger partial charge in [-0.2, -0.15) is 0 Å². The summed E-state index contributed by atoms with van der Waals surface area (Å²) in [4.78, 5) is 2.14. The van der Waals surface area contributed by atoms with E-state index >= 15 is 0 Å². The van der Waals surface area contributed by atoms with Crippen LogP contribution in [0.15, 0.2) is 91.0 Å². The number of rotatable bonds is 8. The van der Waals surface area contributed by atoms with E-state index in [2.05, 4.69) is 4.90 Å². The summed E-state index contributed by atoms with van der Waals surface area (Å²) in [7, 11) is -1.27. The van der Waals surface area contributed by atoms with Crippen LogP contribution < -0.4 is 0 Å². The lowest BCUT2D eigenvalue weighted by atomic mass is 10.0. The molecule has 0 amide bonds. The van der Waals surface area contributed by atoms with Gasteiger partial charge in [0.25, 0.3) is 0 Å². The number of hydrogen-bond acceptors (Lipinski definition) is 5. The maximum Gasteiger partial charge on any atom is 0.367 e. The number of hydrogen-bond donors (Lipinski definition) is 1. The molecular weight excluding hydrogens is 397 g/mol. The fraction of sp³-hybridized carbons (Fsp3) is 0.250. The Balaban J connectivity index is 1.82. The van der Waals surface area contributed by atoms with Crippen LogP contribution in [0.1, 0.15) is 22.7 Å². The lowest BCUT2D eigenvalue weighted by Gasteiger charge is -2.34. The highest BCUT2D eigenvalue weighted by molar-refractivity contribution is 7.55. The molecule has 6 heteroatoms. The van der Waals surface area contributed by atoms with Crippen LogP contribution in [-0.2, 0) is 25.5 Å². The Bertz CT molecular complexity index is 1010. The zero-order valence-corrected chi connectivity index (χ0v) is 18.0. The van der Waals surface area contributed by atoms with E-state index in [1.165, 1.54) is 14.2 Å². The highest BCUT2D eigenvalue weighted by atomic mass is 31.2. The van der Waals surface area contributed by atoms with Crippen LogP contribution in [0, 0.1) is 0 Å². The largest absolute Gasteiger partial charge is 0.372 e. The van der Waals surface area contributed by atoms with Gasteiger partial charge in [-0.25, -0.2) is 0 Å². The Hall–Kier alpha value is -2.27. The first kappa shape index (κ1) is 21.0. The van der Waals surface area contributed by atoms with Crippen molar-refractivity contribution in [3.8, 4) is 0 Å². The second-order valence-corrected chi connectivity index (χ2v) is 9.82. The van der Waals surface area contributed by atoms with Gasteiger partial charge in [0.05, 0.1) is 12.1 Å². The van der Waals surface area contributed by atoms with Crippen molar-refractivity contribution in [3.63, 3.8) is 0 Å². The predicted molar refractivity (Wildman–Crippen MR) is 117 cm³/mol. The SMILES string of the molecule is COP(=O)(OC)[C@@](O)(c1ccccc1)[C@H]1[C@@H](c2ccccc2)N1Cc1ccccc1. The van der Waals surface area contributed by atoms with Crippen LogP contribution in [0.4, 0.5) is 0 Å². The fourth-order valence-electron chi connectivity index (χ4n) is 4.27. The minimum atomic E-state index is -3.90. The van der Waals surface area contributed by atoms with Crippen LogP contribution in [0.3, 0.4) is 0 Å². The zero-order valence-electron chi connectivity index (χ0n) is 17.1. The molecule has 0 radical (unpaired) electrons. The molecule has 0 aliphatic carbocycles. The molecule has 0 spiro atoms. The summed E-state index contributed by atoms with van der Waals surface area (Å²) in [6, 6.07) is 28.4. The summed E-state index contributed by atoms with van der Waals surface area (Å²) in [5, 5.41) is 10.2. The second kappa shape index (κ2) is 8.46. The number of benzene rings is 3. The van der Waals surface area contributed by atoms with E-state index < -0.39 is 19.0 Å². The molecule has 1 heterocycles. The Labute approximate surface area is 177 Å². The summed E-state index contributed by atoms with van der Waals surface area (Å²) < 4.78 is 24.4. The topological polar surface area (TPSA) is 58.8 Å². The molecular formula is C24H26NO4P. The molecule has 1 unspecified atom stereocenters. The molecule has 3 aromatic rings. The molecule has 1 fully saturated rings. The van der Waals surface area contributed by atoms with Crippen molar-refractivity contribution < 1.29 is 18.7 Å². The van der Waals surface area contributed by atoms with Crippen molar-refractivity contribution in [1.29, 1.82) is 0 Å². The van der Waals surface area contributed by atoms with Crippen LogP contribution in [0.25, 0.3) is 0 Å². The van der Waals surface area contributed by atoms with Crippen LogP contribution in [0.5, 0.6) is 0 Å². The van der Waals surface area contributed by atoms with E-state index in [-0.39, 0.29) is 6.04 Å². The first-order valence-corrected chi connectivity index (χ1v) is 11.4. The first-order valence-electron chi connectivity index (χ1n) is 9.89. The molecule has 4 rings (SSSR count). The Kier molecular flexibility index (Phi) is 5.92. The quantitative estimate of drug-likeness (QED) is 0.411. The predicted octanol–water partition coefficient (Wildman–Crippen LogP) is 4.94. The van der Waals surface area contributed by atoms with Gasteiger partial charge >= 0.3 is 7.60 Å². The fourth-order valence-corrected chi connectivity index (χ4v) is 6.05. The van der Waals surface area contributed by atoms with Gasteiger partial charge in [-0.3, -0.25) is 9.46 Å². The number of nitrogens with zero attached hydrogens (tertiary/aromatic N) is 1. The molecule has 0 bridgehead atoms. The summed E-state index contributed by atoms with van der Waals surface area (Å²) in [6.07, 6.45) is 0. The van der Waals surface area contributed by atoms with Gasteiger partial charge < -0.3 is 14.2 Å². The minimum Gasteiger partial charge on any atom is -0.372 e. The van der Waals surface area contributed by atoms with E-state index in [4.69, 9.17) is 9.05 Å². The van der Waals surface area contributed by atoms with E-state index in [9.17, 15) is 9.67 Å². The maximum absolute atomic E-state index is 13.7. The first-order chi connectivity index (χ1) is 14.5. The molecule has 5 nitrogen and oxygen atoms in total. The van der Waals surface area contributed by atoms with Gasteiger partial charge in [0, 0.05) is 20.8 Å². The van der Waals surface area contributed by atoms with Crippen molar-refractivity contribution >= 4 is 7.60 Å². The minimum absolute atomic E-state index is 0.129. The van der Waals surface area contributed by atoms with Crippen LogP contribution in [-0.4, -0.2) is 30.3 Å². The summed E-state index contributed by atoms with van der Waals surface area (Å²) in [6.45, 7) is 0.605. The average molecular weight is 423 g/mol. The van der Waals surface area contributed by atoms with Gasteiger partial charge in [-0.15, -0.1) is 0 Å². The molecule has 156 valence electrons. The van der Waals surface area contributed by atoms with Crippen molar-refractivity contribution in [2.45, 2.75) is 24.0 Å². The van der Waals surface area contributed by atoms with E-state index in [0.717, 1.165) is 11.1 Å². The lowest BCUT2D eigenvalue weighted by molar-refractivity contribution is 0.0621. The summed E-state index contributed by atoms with van der Waals surface area (Å²) >= 11 is 0. The van der Waals surface area contributed by atoms with E-state index in [1.807, 2.05) is 78.9 Å². The maximum atomic E-state index is 13.7. The Morgan fingerprint density at radius 1 is 0.867 bits per heavy atom. The third-order valence-corrected chi connectivity index (χ3v) is 8.10. The highest BCUT2D eigenvalue weighted by Crippen LogP contribution is 2.71. The van der Waals surface area contributed by atoms with Gasteiger partial charge in [-0.05, 0) is 16.7 Å². The molecule has 3 aromatic carbocycles. The monoisotopic (exact) mass is 423 g/mol. The highest BCUT2D eigenvalue weighted by Gasteiger charge is 2.68. The van der Waals surface area contributed by atoms with Crippen molar-refractivity contribution in [1.82, 2.24) is 4.90 Å². The third kappa shape index (κ3) is 3.53.